The highest BCUT2D eigenvalue weighted by Gasteiger charge is 2.22. The summed E-state index contributed by atoms with van der Waals surface area (Å²) in [6.07, 6.45) is 4.44. The molecule has 1 aromatic carbocycles. The molecule has 1 aromatic rings. The molecule has 2 atom stereocenters. The summed E-state index contributed by atoms with van der Waals surface area (Å²) in [6.45, 7) is 4.60. The normalized spacial score (nSPS) is 23.0. The van der Waals surface area contributed by atoms with Crippen LogP contribution >= 0.6 is 0 Å². The number of hydrogen-bond donors (Lipinski definition) is 0. The lowest BCUT2D eigenvalue weighted by Gasteiger charge is -2.29. The molecular formula is C16H22N2. The van der Waals surface area contributed by atoms with Crippen LogP contribution < -0.4 is 0 Å². The van der Waals surface area contributed by atoms with E-state index in [1.807, 2.05) is 6.07 Å². The van der Waals surface area contributed by atoms with Crippen molar-refractivity contribution in [3.05, 3.63) is 35.9 Å². The average molecular weight is 242 g/mol. The minimum atomic E-state index is 0.279. The molecule has 0 aliphatic carbocycles. The lowest BCUT2D eigenvalue weighted by Crippen LogP contribution is -2.29. The Hall–Kier alpha value is -1.33. The largest absolute Gasteiger partial charge is 0.295 e. The van der Waals surface area contributed by atoms with Gasteiger partial charge in [0, 0.05) is 6.04 Å². The maximum absolute atomic E-state index is 9.07. The fourth-order valence-electron chi connectivity index (χ4n) is 2.82. The quantitative estimate of drug-likeness (QED) is 0.807. The summed E-state index contributed by atoms with van der Waals surface area (Å²) in [7, 11) is 0. The van der Waals surface area contributed by atoms with Crippen molar-refractivity contribution in [2.24, 2.45) is 5.92 Å². The summed E-state index contributed by atoms with van der Waals surface area (Å²) in [5, 5.41) is 9.07. The van der Waals surface area contributed by atoms with Crippen LogP contribution in [0.4, 0.5) is 0 Å². The van der Waals surface area contributed by atoms with Crippen molar-refractivity contribution in [1.29, 1.82) is 5.26 Å². The van der Waals surface area contributed by atoms with Crippen LogP contribution in [0.3, 0.4) is 0 Å². The second-order valence-corrected chi connectivity index (χ2v) is 5.36. The molecule has 96 valence electrons. The number of likely N-dealkylation sites (tertiary alicyclic amines) is 1. The Morgan fingerprint density at radius 1 is 1.28 bits per heavy atom. The highest BCUT2D eigenvalue weighted by Crippen LogP contribution is 2.28. The summed E-state index contributed by atoms with van der Waals surface area (Å²) >= 11 is 0. The Kier molecular flexibility index (Phi) is 4.78. The average Bonchev–Trinajstić information content (AvgIpc) is 2.62. The van der Waals surface area contributed by atoms with Gasteiger partial charge in [0.1, 0.15) is 0 Å². The molecule has 2 heteroatoms. The molecule has 1 aliphatic rings. The number of benzene rings is 1. The smallest absolute Gasteiger partial charge is 0.0641 e. The van der Waals surface area contributed by atoms with E-state index in [1.165, 1.54) is 24.8 Å². The molecule has 0 N–H and O–H groups in total. The van der Waals surface area contributed by atoms with Gasteiger partial charge in [-0.3, -0.25) is 4.90 Å². The minimum absolute atomic E-state index is 0.279. The third-order valence-electron chi connectivity index (χ3n) is 3.96. The fourth-order valence-corrected chi connectivity index (χ4v) is 2.82. The molecule has 2 unspecified atom stereocenters. The first-order valence-corrected chi connectivity index (χ1v) is 6.97. The first kappa shape index (κ1) is 13.1. The second kappa shape index (κ2) is 6.56. The van der Waals surface area contributed by atoms with Crippen LogP contribution in [0, 0.1) is 17.2 Å². The van der Waals surface area contributed by atoms with Crippen LogP contribution in [0.25, 0.3) is 0 Å². The predicted molar refractivity (Wildman–Crippen MR) is 74.0 cm³/mol. The topological polar surface area (TPSA) is 27.0 Å². The van der Waals surface area contributed by atoms with Crippen molar-refractivity contribution < 1.29 is 0 Å². The van der Waals surface area contributed by atoms with Gasteiger partial charge in [-0.2, -0.15) is 5.26 Å². The Labute approximate surface area is 110 Å². The molecule has 1 heterocycles. The van der Waals surface area contributed by atoms with Crippen LogP contribution in [0.2, 0.25) is 0 Å². The van der Waals surface area contributed by atoms with Gasteiger partial charge < -0.3 is 0 Å². The molecule has 18 heavy (non-hydrogen) atoms. The molecule has 0 bridgehead atoms. The van der Waals surface area contributed by atoms with Crippen LogP contribution in [0.1, 0.15) is 44.2 Å². The van der Waals surface area contributed by atoms with Crippen LogP contribution in [0.5, 0.6) is 0 Å². The van der Waals surface area contributed by atoms with Gasteiger partial charge in [0.15, 0.2) is 0 Å². The predicted octanol–water partition coefficient (Wildman–Crippen LogP) is 3.76. The summed E-state index contributed by atoms with van der Waals surface area (Å²) < 4.78 is 0. The van der Waals surface area contributed by atoms with Gasteiger partial charge in [-0.05, 0) is 43.8 Å². The third kappa shape index (κ3) is 3.34. The summed E-state index contributed by atoms with van der Waals surface area (Å²) in [6, 6.07) is 13.1. The van der Waals surface area contributed by atoms with E-state index in [-0.39, 0.29) is 6.04 Å². The Bertz CT molecular complexity index is 393. The van der Waals surface area contributed by atoms with Gasteiger partial charge in [0.25, 0.3) is 0 Å². The highest BCUT2D eigenvalue weighted by atomic mass is 15.2. The van der Waals surface area contributed by atoms with Gasteiger partial charge in [-0.1, -0.05) is 37.3 Å². The Morgan fingerprint density at radius 3 is 2.78 bits per heavy atom. The van der Waals surface area contributed by atoms with Crippen molar-refractivity contribution >= 4 is 0 Å². The Morgan fingerprint density at radius 2 is 2.06 bits per heavy atom. The molecular weight excluding hydrogens is 220 g/mol. The molecule has 0 radical (unpaired) electrons. The van der Waals surface area contributed by atoms with E-state index in [9.17, 15) is 0 Å². The van der Waals surface area contributed by atoms with Gasteiger partial charge in [-0.25, -0.2) is 0 Å². The van der Waals surface area contributed by atoms with E-state index < -0.39 is 0 Å². The molecule has 2 nitrogen and oxygen atoms in total. The van der Waals surface area contributed by atoms with E-state index >= 15 is 0 Å². The monoisotopic (exact) mass is 242 g/mol. The van der Waals surface area contributed by atoms with Crippen LogP contribution in [-0.2, 0) is 0 Å². The standard InChI is InChI=1S/C16H22N2/c1-14-6-5-12-18(13-10-14)16(9-11-17)15-7-3-2-4-8-15/h2-4,7-8,14,16H,5-6,9-10,12-13H2,1H3. The summed E-state index contributed by atoms with van der Waals surface area (Å²) in [5.74, 6) is 0.827. The lowest BCUT2D eigenvalue weighted by atomic mass is 10.0. The second-order valence-electron chi connectivity index (χ2n) is 5.36. The van der Waals surface area contributed by atoms with Gasteiger partial charge in [-0.15, -0.1) is 0 Å². The SMILES string of the molecule is CC1CCCN(C(CC#N)c2ccccc2)CC1. The lowest BCUT2D eigenvalue weighted by molar-refractivity contribution is 0.205. The van der Waals surface area contributed by atoms with E-state index in [0.29, 0.717) is 6.42 Å². The number of nitrogens with zero attached hydrogens (tertiary/aromatic N) is 2. The summed E-state index contributed by atoms with van der Waals surface area (Å²) in [4.78, 5) is 2.50. The van der Waals surface area contributed by atoms with E-state index in [1.54, 1.807) is 0 Å². The molecule has 1 saturated heterocycles. The molecule has 0 aromatic heterocycles. The van der Waals surface area contributed by atoms with Gasteiger partial charge in [0.2, 0.25) is 0 Å². The van der Waals surface area contributed by atoms with Gasteiger partial charge in [0.05, 0.1) is 12.5 Å². The zero-order valence-electron chi connectivity index (χ0n) is 11.2. The van der Waals surface area contributed by atoms with Crippen LogP contribution in [0.15, 0.2) is 30.3 Å². The minimum Gasteiger partial charge on any atom is -0.295 e. The molecule has 1 fully saturated rings. The van der Waals surface area contributed by atoms with E-state index in [4.69, 9.17) is 5.26 Å². The molecule has 1 aliphatic heterocycles. The van der Waals surface area contributed by atoms with E-state index in [0.717, 1.165) is 19.0 Å². The van der Waals surface area contributed by atoms with Crippen molar-refractivity contribution in [3.8, 4) is 6.07 Å². The maximum Gasteiger partial charge on any atom is 0.0641 e. The highest BCUT2D eigenvalue weighted by molar-refractivity contribution is 5.20. The summed E-state index contributed by atoms with van der Waals surface area (Å²) in [5.41, 5.74) is 1.29. The van der Waals surface area contributed by atoms with Gasteiger partial charge >= 0.3 is 0 Å². The first-order chi connectivity index (χ1) is 8.81. The zero-order chi connectivity index (χ0) is 12.8. The van der Waals surface area contributed by atoms with Crippen LogP contribution in [-0.4, -0.2) is 18.0 Å². The third-order valence-corrected chi connectivity index (χ3v) is 3.96. The van der Waals surface area contributed by atoms with Crippen molar-refractivity contribution in [3.63, 3.8) is 0 Å². The first-order valence-electron chi connectivity index (χ1n) is 6.97. The number of hydrogen-bond acceptors (Lipinski definition) is 2. The van der Waals surface area contributed by atoms with Crippen molar-refractivity contribution in [2.75, 3.05) is 13.1 Å². The van der Waals surface area contributed by atoms with Crippen molar-refractivity contribution in [2.45, 2.75) is 38.6 Å². The molecule has 0 saturated carbocycles. The molecule has 2 rings (SSSR count). The molecule has 0 spiro atoms. The maximum atomic E-state index is 9.07. The van der Waals surface area contributed by atoms with Crippen molar-refractivity contribution in [1.82, 2.24) is 4.90 Å². The fraction of sp³-hybridized carbons (Fsp3) is 0.562. The zero-order valence-corrected chi connectivity index (χ0v) is 11.2. The van der Waals surface area contributed by atoms with E-state index in [2.05, 4.69) is 42.2 Å². The molecule has 0 amide bonds. The number of rotatable bonds is 3. The Balaban J connectivity index is 2.12. The number of nitriles is 1.